The molecular weight excluding hydrogens is 228 g/mol. The highest BCUT2D eigenvalue weighted by molar-refractivity contribution is 5.59. The number of nitrogens with two attached hydrogens (primary N) is 1. The second kappa shape index (κ2) is 4.91. The summed E-state index contributed by atoms with van der Waals surface area (Å²) in [6, 6.07) is 8.78. The minimum absolute atomic E-state index is 0.167. The van der Waals surface area contributed by atoms with Crippen molar-refractivity contribution >= 4 is 17.3 Å². The zero-order chi connectivity index (χ0) is 13.1. The Hall–Kier alpha value is -2.30. The Kier molecular flexibility index (Phi) is 3.32. The summed E-state index contributed by atoms with van der Waals surface area (Å²) in [6.45, 7) is 3.98. The molecule has 1 aromatic heterocycles. The van der Waals surface area contributed by atoms with Crippen molar-refractivity contribution in [3.8, 4) is 0 Å². The molecule has 1 heterocycles. The van der Waals surface area contributed by atoms with Crippen molar-refractivity contribution in [2.75, 3.05) is 11.1 Å². The molecule has 0 amide bonds. The van der Waals surface area contributed by atoms with E-state index < -0.39 is 0 Å². The van der Waals surface area contributed by atoms with Gasteiger partial charge in [-0.15, -0.1) is 0 Å². The number of aromatic amines is 1. The highest BCUT2D eigenvalue weighted by Gasteiger charge is 2.05. The molecule has 1 aromatic carbocycles. The maximum Gasteiger partial charge on any atom is 0.252 e. The first-order chi connectivity index (χ1) is 8.54. The molecular formula is C13H16N4O. The first-order valence-corrected chi connectivity index (χ1v) is 5.78. The van der Waals surface area contributed by atoms with E-state index in [1.54, 1.807) is 12.1 Å². The van der Waals surface area contributed by atoms with Crippen LogP contribution in [-0.4, -0.2) is 9.97 Å². The predicted octanol–water partition coefficient (Wildman–Crippen LogP) is 2.22. The summed E-state index contributed by atoms with van der Waals surface area (Å²) in [5.74, 6) is 0.630. The Morgan fingerprint density at radius 2 is 2.11 bits per heavy atom. The SMILES string of the molecule is CC(C)c1cc(=O)[nH]c(Nc2cccc(N)c2)n1. The molecule has 0 radical (unpaired) electrons. The van der Waals surface area contributed by atoms with Gasteiger partial charge >= 0.3 is 0 Å². The van der Waals surface area contributed by atoms with Gasteiger partial charge in [0.05, 0.1) is 5.69 Å². The number of hydrogen-bond donors (Lipinski definition) is 3. The van der Waals surface area contributed by atoms with E-state index in [1.807, 2.05) is 26.0 Å². The summed E-state index contributed by atoms with van der Waals surface area (Å²) in [5, 5.41) is 3.03. The lowest BCUT2D eigenvalue weighted by Gasteiger charge is -2.09. The van der Waals surface area contributed by atoms with Crippen LogP contribution < -0.4 is 16.6 Å². The second-order valence-corrected chi connectivity index (χ2v) is 4.42. The first kappa shape index (κ1) is 12.2. The van der Waals surface area contributed by atoms with Crippen LogP contribution in [0.25, 0.3) is 0 Å². The normalized spacial score (nSPS) is 10.6. The number of nitrogens with zero attached hydrogens (tertiary/aromatic N) is 1. The fourth-order valence-electron chi connectivity index (χ4n) is 1.58. The second-order valence-electron chi connectivity index (χ2n) is 4.42. The molecule has 0 aliphatic carbocycles. The van der Waals surface area contributed by atoms with Crippen LogP contribution >= 0.6 is 0 Å². The van der Waals surface area contributed by atoms with Gasteiger partial charge in [0.15, 0.2) is 0 Å². The van der Waals surface area contributed by atoms with Gasteiger partial charge in [0, 0.05) is 17.4 Å². The summed E-state index contributed by atoms with van der Waals surface area (Å²) in [5.41, 5.74) is 7.72. The lowest BCUT2D eigenvalue weighted by molar-refractivity contribution is 0.812. The van der Waals surface area contributed by atoms with Gasteiger partial charge in [-0.3, -0.25) is 9.78 Å². The average Bonchev–Trinajstić information content (AvgIpc) is 2.28. The minimum Gasteiger partial charge on any atom is -0.399 e. The van der Waals surface area contributed by atoms with Crippen molar-refractivity contribution in [3.63, 3.8) is 0 Å². The topological polar surface area (TPSA) is 83.8 Å². The van der Waals surface area contributed by atoms with Crippen LogP contribution in [0.3, 0.4) is 0 Å². The van der Waals surface area contributed by atoms with Crippen molar-refractivity contribution < 1.29 is 0 Å². The van der Waals surface area contributed by atoms with E-state index in [1.165, 1.54) is 6.07 Å². The van der Waals surface area contributed by atoms with Crippen LogP contribution in [-0.2, 0) is 0 Å². The Balaban J connectivity index is 2.32. The molecule has 5 nitrogen and oxygen atoms in total. The highest BCUT2D eigenvalue weighted by Crippen LogP contribution is 2.16. The third-order valence-electron chi connectivity index (χ3n) is 2.50. The van der Waals surface area contributed by atoms with Crippen LogP contribution in [0.5, 0.6) is 0 Å². The van der Waals surface area contributed by atoms with Crippen LogP contribution in [0.2, 0.25) is 0 Å². The summed E-state index contributed by atoms with van der Waals surface area (Å²) >= 11 is 0. The fourth-order valence-corrected chi connectivity index (χ4v) is 1.58. The van der Waals surface area contributed by atoms with Gasteiger partial charge in [0.25, 0.3) is 5.56 Å². The largest absolute Gasteiger partial charge is 0.399 e. The average molecular weight is 244 g/mol. The first-order valence-electron chi connectivity index (χ1n) is 5.78. The van der Waals surface area contributed by atoms with Crippen LogP contribution in [0, 0.1) is 0 Å². The lowest BCUT2D eigenvalue weighted by Crippen LogP contribution is -2.12. The number of H-pyrrole nitrogens is 1. The van der Waals surface area contributed by atoms with Gasteiger partial charge in [0.1, 0.15) is 0 Å². The number of benzene rings is 1. The number of nitrogen functional groups attached to an aromatic ring is 1. The molecule has 0 aliphatic rings. The summed E-state index contributed by atoms with van der Waals surface area (Å²) in [6.07, 6.45) is 0. The smallest absolute Gasteiger partial charge is 0.252 e. The molecule has 2 rings (SSSR count). The van der Waals surface area contributed by atoms with Gasteiger partial charge in [-0.1, -0.05) is 19.9 Å². The molecule has 0 bridgehead atoms. The molecule has 0 saturated heterocycles. The van der Waals surface area contributed by atoms with E-state index in [2.05, 4.69) is 15.3 Å². The van der Waals surface area contributed by atoms with Gasteiger partial charge in [-0.05, 0) is 24.1 Å². The van der Waals surface area contributed by atoms with Gasteiger partial charge < -0.3 is 11.1 Å². The molecule has 2 aromatic rings. The number of aromatic nitrogens is 2. The summed E-state index contributed by atoms with van der Waals surface area (Å²) in [7, 11) is 0. The zero-order valence-corrected chi connectivity index (χ0v) is 10.4. The quantitative estimate of drug-likeness (QED) is 0.723. The summed E-state index contributed by atoms with van der Waals surface area (Å²) < 4.78 is 0. The molecule has 0 unspecified atom stereocenters. The molecule has 4 N–H and O–H groups in total. The van der Waals surface area contributed by atoms with E-state index in [0.717, 1.165) is 11.4 Å². The monoisotopic (exact) mass is 244 g/mol. The van der Waals surface area contributed by atoms with E-state index in [4.69, 9.17) is 5.73 Å². The summed E-state index contributed by atoms with van der Waals surface area (Å²) in [4.78, 5) is 18.5. The molecule has 5 heteroatoms. The molecule has 0 aliphatic heterocycles. The minimum atomic E-state index is -0.167. The molecule has 94 valence electrons. The van der Waals surface area contributed by atoms with E-state index in [0.29, 0.717) is 11.6 Å². The lowest BCUT2D eigenvalue weighted by atomic mass is 10.1. The van der Waals surface area contributed by atoms with Crippen LogP contribution in [0.15, 0.2) is 35.1 Å². The predicted molar refractivity (Wildman–Crippen MR) is 73.1 cm³/mol. The molecule has 0 saturated carbocycles. The molecule has 0 atom stereocenters. The van der Waals surface area contributed by atoms with Crippen LogP contribution in [0.4, 0.5) is 17.3 Å². The third-order valence-corrected chi connectivity index (χ3v) is 2.50. The Morgan fingerprint density at radius 3 is 2.78 bits per heavy atom. The molecule has 18 heavy (non-hydrogen) atoms. The van der Waals surface area contributed by atoms with E-state index >= 15 is 0 Å². The number of rotatable bonds is 3. The number of nitrogens with one attached hydrogen (secondary N) is 2. The molecule has 0 spiro atoms. The maximum absolute atomic E-state index is 11.5. The number of hydrogen-bond acceptors (Lipinski definition) is 4. The molecule has 0 fully saturated rings. The van der Waals surface area contributed by atoms with E-state index in [9.17, 15) is 4.79 Å². The van der Waals surface area contributed by atoms with Crippen molar-refractivity contribution in [2.24, 2.45) is 0 Å². The zero-order valence-electron chi connectivity index (χ0n) is 10.4. The highest BCUT2D eigenvalue weighted by atomic mass is 16.1. The van der Waals surface area contributed by atoms with Crippen molar-refractivity contribution in [3.05, 3.63) is 46.4 Å². The van der Waals surface area contributed by atoms with E-state index in [-0.39, 0.29) is 11.5 Å². The Morgan fingerprint density at radius 1 is 1.33 bits per heavy atom. The Bertz CT molecular complexity index is 604. The van der Waals surface area contributed by atoms with Gasteiger partial charge in [-0.2, -0.15) is 0 Å². The number of anilines is 3. The van der Waals surface area contributed by atoms with Crippen molar-refractivity contribution in [1.82, 2.24) is 9.97 Å². The van der Waals surface area contributed by atoms with Gasteiger partial charge in [0.2, 0.25) is 5.95 Å². The van der Waals surface area contributed by atoms with Crippen LogP contribution in [0.1, 0.15) is 25.5 Å². The third kappa shape index (κ3) is 2.88. The standard InChI is InChI=1S/C13H16N4O/c1-8(2)11-7-12(18)17-13(16-11)15-10-5-3-4-9(14)6-10/h3-8H,14H2,1-2H3,(H2,15,16,17,18). The fraction of sp³-hybridized carbons (Fsp3) is 0.231. The van der Waals surface area contributed by atoms with Gasteiger partial charge in [-0.25, -0.2) is 4.98 Å². The maximum atomic E-state index is 11.5. The van der Waals surface area contributed by atoms with Crippen molar-refractivity contribution in [1.29, 1.82) is 0 Å². The van der Waals surface area contributed by atoms with Crippen molar-refractivity contribution in [2.45, 2.75) is 19.8 Å². The Labute approximate surface area is 105 Å².